The van der Waals surface area contributed by atoms with Crippen LogP contribution in [0, 0.1) is 35.0 Å². The molecule has 36 heavy (non-hydrogen) atoms. The number of allylic oxidation sites excluding steroid dienone is 3. The SMILES string of the molecule is C=C1C(=CC=C2CCC[C@]3(C)[C@@H]([C@H](C)C[C@H]4OC(=O)C(=C)[C@@H]4C)CC[C@@H]23)C[C@@H](O)[C@H](CCCO)[C@@H]1O. The third kappa shape index (κ3) is 5.04. The molecular formula is C31H46O5. The van der Waals surface area contributed by atoms with Gasteiger partial charge in [-0.15, -0.1) is 0 Å². The Balaban J connectivity index is 1.46. The Labute approximate surface area is 217 Å². The number of aliphatic hydroxyl groups is 3. The molecule has 3 aliphatic carbocycles. The van der Waals surface area contributed by atoms with E-state index in [0.29, 0.717) is 48.2 Å². The molecule has 0 radical (unpaired) electrons. The molecule has 4 rings (SSSR count). The first-order valence-electron chi connectivity index (χ1n) is 14.0. The number of carbonyl (C=O) groups excluding carboxylic acids is 1. The van der Waals surface area contributed by atoms with Gasteiger partial charge in [0.1, 0.15) is 6.10 Å². The Morgan fingerprint density at radius 3 is 2.61 bits per heavy atom. The summed E-state index contributed by atoms with van der Waals surface area (Å²) < 4.78 is 5.65. The minimum atomic E-state index is -0.763. The van der Waals surface area contributed by atoms with E-state index in [1.54, 1.807) is 0 Å². The molecule has 5 heteroatoms. The van der Waals surface area contributed by atoms with Gasteiger partial charge in [0.15, 0.2) is 0 Å². The number of hydrogen-bond acceptors (Lipinski definition) is 5. The second-order valence-corrected chi connectivity index (χ2v) is 12.3. The third-order valence-corrected chi connectivity index (χ3v) is 10.2. The van der Waals surface area contributed by atoms with Crippen molar-refractivity contribution in [3.63, 3.8) is 0 Å². The van der Waals surface area contributed by atoms with Gasteiger partial charge in [-0.05, 0) is 92.1 Å². The minimum absolute atomic E-state index is 0.0534. The first kappa shape index (κ1) is 27.3. The summed E-state index contributed by atoms with van der Waals surface area (Å²) in [6.07, 6.45) is 11.4. The molecule has 4 fully saturated rings. The molecule has 5 nitrogen and oxygen atoms in total. The fraction of sp³-hybridized carbons (Fsp3) is 0.710. The number of rotatable bonds is 7. The average Bonchev–Trinajstić information content (AvgIpc) is 3.32. The van der Waals surface area contributed by atoms with Crippen molar-refractivity contribution in [2.45, 2.75) is 96.9 Å². The normalized spacial score (nSPS) is 42.2. The Bertz CT molecular complexity index is 931. The summed E-state index contributed by atoms with van der Waals surface area (Å²) >= 11 is 0. The summed E-state index contributed by atoms with van der Waals surface area (Å²) in [5, 5.41) is 30.6. The zero-order valence-corrected chi connectivity index (χ0v) is 22.4. The largest absolute Gasteiger partial charge is 0.458 e. The Hall–Kier alpha value is -1.69. The second-order valence-electron chi connectivity index (χ2n) is 12.3. The van der Waals surface area contributed by atoms with Crippen molar-refractivity contribution in [3.05, 3.63) is 47.6 Å². The maximum atomic E-state index is 12.0. The maximum absolute atomic E-state index is 12.0. The Kier molecular flexibility index (Phi) is 8.33. The van der Waals surface area contributed by atoms with Gasteiger partial charge in [-0.3, -0.25) is 0 Å². The number of hydrogen-bond donors (Lipinski definition) is 3. The van der Waals surface area contributed by atoms with E-state index in [4.69, 9.17) is 9.84 Å². The predicted molar refractivity (Wildman–Crippen MR) is 142 cm³/mol. The van der Waals surface area contributed by atoms with Crippen LogP contribution in [0.25, 0.3) is 0 Å². The number of fused-ring (bicyclic) bond motifs is 1. The van der Waals surface area contributed by atoms with Crippen LogP contribution in [-0.4, -0.2) is 46.2 Å². The second kappa shape index (κ2) is 11.0. The number of carbonyl (C=O) groups is 1. The van der Waals surface area contributed by atoms with Gasteiger partial charge in [0.05, 0.1) is 12.2 Å². The van der Waals surface area contributed by atoms with E-state index in [1.807, 2.05) is 0 Å². The van der Waals surface area contributed by atoms with Crippen LogP contribution in [0.3, 0.4) is 0 Å². The average molecular weight is 499 g/mol. The quantitative estimate of drug-likeness (QED) is 0.329. The molecule has 9 atom stereocenters. The summed E-state index contributed by atoms with van der Waals surface area (Å²) in [4.78, 5) is 12.0. The molecule has 0 aromatic rings. The van der Waals surface area contributed by atoms with Crippen molar-refractivity contribution in [2.24, 2.45) is 35.0 Å². The molecule has 200 valence electrons. The highest BCUT2D eigenvalue weighted by molar-refractivity contribution is 5.90. The van der Waals surface area contributed by atoms with Crippen LogP contribution in [-0.2, 0) is 9.53 Å². The molecule has 1 aliphatic heterocycles. The molecule has 0 aromatic heterocycles. The van der Waals surface area contributed by atoms with Crippen molar-refractivity contribution in [3.8, 4) is 0 Å². The van der Waals surface area contributed by atoms with Crippen LogP contribution >= 0.6 is 0 Å². The Morgan fingerprint density at radius 2 is 1.94 bits per heavy atom. The molecule has 1 saturated heterocycles. The van der Waals surface area contributed by atoms with Crippen molar-refractivity contribution in [1.82, 2.24) is 0 Å². The molecular weight excluding hydrogens is 452 g/mol. The smallest absolute Gasteiger partial charge is 0.334 e. The molecule has 1 heterocycles. The number of ether oxygens (including phenoxy) is 1. The summed E-state index contributed by atoms with van der Waals surface area (Å²) in [6.45, 7) is 15.0. The first-order chi connectivity index (χ1) is 17.1. The predicted octanol–water partition coefficient (Wildman–Crippen LogP) is 5.27. The molecule has 0 bridgehead atoms. The van der Waals surface area contributed by atoms with Crippen molar-refractivity contribution < 1.29 is 24.9 Å². The van der Waals surface area contributed by atoms with E-state index in [0.717, 1.165) is 18.4 Å². The summed E-state index contributed by atoms with van der Waals surface area (Å²) in [6, 6.07) is 0. The van der Waals surface area contributed by atoms with Gasteiger partial charge >= 0.3 is 5.97 Å². The van der Waals surface area contributed by atoms with Gasteiger partial charge in [0, 0.05) is 24.0 Å². The number of aliphatic hydroxyl groups excluding tert-OH is 3. The summed E-state index contributed by atoms with van der Waals surface area (Å²) in [5.41, 5.74) is 3.98. The highest BCUT2D eigenvalue weighted by Gasteiger charge is 2.51. The molecule has 0 unspecified atom stereocenters. The molecule has 3 N–H and O–H groups in total. The zero-order valence-electron chi connectivity index (χ0n) is 22.4. The van der Waals surface area contributed by atoms with Crippen molar-refractivity contribution >= 4 is 5.97 Å². The van der Waals surface area contributed by atoms with Crippen LogP contribution in [0.4, 0.5) is 0 Å². The van der Waals surface area contributed by atoms with Gasteiger partial charge in [-0.2, -0.15) is 0 Å². The molecule has 3 saturated carbocycles. The van der Waals surface area contributed by atoms with Crippen LogP contribution in [0.2, 0.25) is 0 Å². The van der Waals surface area contributed by atoms with E-state index >= 15 is 0 Å². The van der Waals surface area contributed by atoms with Crippen LogP contribution < -0.4 is 0 Å². The summed E-state index contributed by atoms with van der Waals surface area (Å²) in [7, 11) is 0. The van der Waals surface area contributed by atoms with Crippen LogP contribution in [0.1, 0.15) is 78.6 Å². The lowest BCUT2D eigenvalue weighted by atomic mass is 9.60. The maximum Gasteiger partial charge on any atom is 0.334 e. The number of cyclic esters (lactones) is 1. The van der Waals surface area contributed by atoms with Crippen molar-refractivity contribution in [2.75, 3.05) is 6.61 Å². The highest BCUT2D eigenvalue weighted by atomic mass is 16.6. The zero-order chi connectivity index (χ0) is 26.2. The monoisotopic (exact) mass is 498 g/mol. The summed E-state index contributed by atoms with van der Waals surface area (Å²) in [5.74, 6) is 1.21. The Morgan fingerprint density at radius 1 is 1.19 bits per heavy atom. The molecule has 0 spiro atoms. The lowest BCUT2D eigenvalue weighted by Gasteiger charge is -2.44. The van der Waals surface area contributed by atoms with E-state index < -0.39 is 12.2 Å². The minimum Gasteiger partial charge on any atom is -0.458 e. The van der Waals surface area contributed by atoms with Gasteiger partial charge in [-0.25, -0.2) is 4.79 Å². The van der Waals surface area contributed by atoms with Gasteiger partial charge in [-0.1, -0.05) is 51.7 Å². The fourth-order valence-electron chi connectivity index (χ4n) is 7.95. The van der Waals surface area contributed by atoms with E-state index in [2.05, 4.69) is 46.1 Å². The van der Waals surface area contributed by atoms with E-state index in [9.17, 15) is 15.0 Å². The molecule has 0 aromatic carbocycles. The van der Waals surface area contributed by atoms with Crippen LogP contribution in [0.15, 0.2) is 47.6 Å². The van der Waals surface area contributed by atoms with Gasteiger partial charge < -0.3 is 20.1 Å². The topological polar surface area (TPSA) is 87.0 Å². The van der Waals surface area contributed by atoms with E-state index in [1.165, 1.54) is 31.3 Å². The third-order valence-electron chi connectivity index (χ3n) is 10.2. The van der Waals surface area contributed by atoms with E-state index in [-0.39, 0.29) is 35.9 Å². The van der Waals surface area contributed by atoms with Crippen molar-refractivity contribution in [1.29, 1.82) is 0 Å². The first-order valence-corrected chi connectivity index (χ1v) is 14.0. The van der Waals surface area contributed by atoms with Gasteiger partial charge in [0.25, 0.3) is 0 Å². The lowest BCUT2D eigenvalue weighted by molar-refractivity contribution is -0.140. The number of esters is 1. The van der Waals surface area contributed by atoms with Gasteiger partial charge in [0.2, 0.25) is 0 Å². The van der Waals surface area contributed by atoms with Crippen LogP contribution in [0.5, 0.6) is 0 Å². The highest BCUT2D eigenvalue weighted by Crippen LogP contribution is 2.60. The standard InChI is InChI=1S/C31H46O5/c1-18(16-28-19(2)20(3)30(35)36-28)25-12-13-26-22(8-6-14-31(25,26)5)10-11-23-17-27(33)24(9-7-15-32)29(34)21(23)4/h10-11,18-19,24-29,32-34H,3-4,6-9,12-17H2,1-2,5H3/t18-,19+,24+,25-,26+,27-,28-,29-,31-/m1/s1. The molecule has 4 aliphatic rings. The molecule has 0 amide bonds. The lowest BCUT2D eigenvalue weighted by Crippen LogP contribution is -2.38. The fourth-order valence-corrected chi connectivity index (χ4v) is 7.95.